The van der Waals surface area contributed by atoms with E-state index < -0.39 is 11.7 Å². The van der Waals surface area contributed by atoms with Crippen molar-refractivity contribution in [2.75, 3.05) is 19.6 Å². The van der Waals surface area contributed by atoms with Gasteiger partial charge in [-0.25, -0.2) is 4.39 Å². The molecule has 26 heavy (non-hydrogen) atoms. The summed E-state index contributed by atoms with van der Waals surface area (Å²) in [6, 6.07) is 4.00. The second kappa shape index (κ2) is 7.16. The smallest absolute Gasteiger partial charge is 0.252 e. The maximum absolute atomic E-state index is 13.4. The zero-order valence-corrected chi connectivity index (χ0v) is 15.3. The molecule has 3 heterocycles. The van der Waals surface area contributed by atoms with Crippen LogP contribution in [0, 0.1) is 17.7 Å². The van der Waals surface area contributed by atoms with Gasteiger partial charge in [-0.15, -0.1) is 0 Å². The fourth-order valence-corrected chi connectivity index (χ4v) is 5.06. The molecule has 0 saturated carbocycles. The second-order valence-electron chi connectivity index (χ2n) is 7.58. The first-order valence-corrected chi connectivity index (χ1v) is 9.67. The molecule has 0 spiro atoms. The number of rotatable bonds is 3. The van der Waals surface area contributed by atoms with E-state index in [-0.39, 0.29) is 28.6 Å². The molecule has 4 atom stereocenters. The summed E-state index contributed by atoms with van der Waals surface area (Å²) in [6.07, 6.45) is 3.65. The van der Waals surface area contributed by atoms with E-state index in [1.807, 2.05) is 4.90 Å². The van der Waals surface area contributed by atoms with Crippen molar-refractivity contribution >= 4 is 23.4 Å². The second-order valence-corrected chi connectivity index (χ2v) is 7.98. The summed E-state index contributed by atoms with van der Waals surface area (Å²) in [7, 11) is 0. The highest BCUT2D eigenvalue weighted by Gasteiger charge is 2.47. The number of hydrogen-bond acceptors (Lipinski definition) is 3. The minimum Gasteiger partial charge on any atom is -0.350 e. The Morgan fingerprint density at radius 2 is 2.15 bits per heavy atom. The third kappa shape index (κ3) is 3.21. The number of benzene rings is 1. The topological polar surface area (TPSA) is 61.4 Å². The molecule has 3 aliphatic heterocycles. The molecule has 0 aromatic heterocycles. The lowest BCUT2D eigenvalue weighted by atomic mass is 9.72. The highest BCUT2D eigenvalue weighted by atomic mass is 35.5. The van der Waals surface area contributed by atoms with Gasteiger partial charge in [-0.1, -0.05) is 11.6 Å². The van der Waals surface area contributed by atoms with Gasteiger partial charge in [0.15, 0.2) is 0 Å². The van der Waals surface area contributed by atoms with E-state index in [4.69, 9.17) is 11.6 Å². The van der Waals surface area contributed by atoms with Crippen molar-refractivity contribution in [3.05, 3.63) is 34.6 Å². The number of halogens is 2. The first kappa shape index (κ1) is 17.7. The van der Waals surface area contributed by atoms with Crippen LogP contribution in [-0.4, -0.2) is 48.4 Å². The third-order valence-corrected chi connectivity index (χ3v) is 6.37. The summed E-state index contributed by atoms with van der Waals surface area (Å²) in [4.78, 5) is 27.1. The lowest BCUT2D eigenvalue weighted by Crippen LogP contribution is -2.66. The molecule has 0 unspecified atom stereocenters. The van der Waals surface area contributed by atoms with Crippen LogP contribution in [-0.2, 0) is 4.79 Å². The summed E-state index contributed by atoms with van der Waals surface area (Å²) < 4.78 is 13.4. The summed E-state index contributed by atoms with van der Waals surface area (Å²) in [5.41, 5.74) is 0.128. The minimum atomic E-state index is -0.497. The molecule has 7 heteroatoms. The van der Waals surface area contributed by atoms with Gasteiger partial charge >= 0.3 is 0 Å². The standard InChI is InChI=1S/C19H23ClFN3O2/c20-15-5-4-13(21)7-14(15)19(26)23-10-17-12-6-11(8-22-9-12)16-2-1-3-18(25)24(16)17/h4-5,7,11-12,16-17,22H,1-3,6,8-10H2,(H,23,26)/t11-,12+,16+,17+/m1/s1. The van der Waals surface area contributed by atoms with Gasteiger partial charge < -0.3 is 15.5 Å². The number of hydrogen-bond donors (Lipinski definition) is 2. The third-order valence-electron chi connectivity index (χ3n) is 6.04. The Hall–Kier alpha value is -1.66. The molecule has 5 nitrogen and oxygen atoms in total. The van der Waals surface area contributed by atoms with E-state index in [2.05, 4.69) is 10.6 Å². The van der Waals surface area contributed by atoms with Gasteiger partial charge in [-0.3, -0.25) is 9.59 Å². The zero-order valence-electron chi connectivity index (χ0n) is 14.5. The normalized spacial score (nSPS) is 30.7. The van der Waals surface area contributed by atoms with Crippen molar-refractivity contribution in [1.29, 1.82) is 0 Å². The van der Waals surface area contributed by atoms with E-state index in [0.29, 0.717) is 24.8 Å². The van der Waals surface area contributed by atoms with Crippen molar-refractivity contribution in [3.63, 3.8) is 0 Å². The van der Waals surface area contributed by atoms with Crippen molar-refractivity contribution in [2.45, 2.75) is 37.8 Å². The Morgan fingerprint density at radius 1 is 1.35 bits per heavy atom. The summed E-state index contributed by atoms with van der Waals surface area (Å²) in [5, 5.41) is 6.58. The van der Waals surface area contributed by atoms with Crippen molar-refractivity contribution in [3.8, 4) is 0 Å². The number of nitrogens with zero attached hydrogens (tertiary/aromatic N) is 1. The van der Waals surface area contributed by atoms with E-state index in [1.165, 1.54) is 12.1 Å². The molecule has 2 N–H and O–H groups in total. The fraction of sp³-hybridized carbons (Fsp3) is 0.579. The molecule has 2 amide bonds. The predicted octanol–water partition coefficient (Wildman–Crippen LogP) is 2.20. The average Bonchev–Trinajstić information content (AvgIpc) is 2.64. The zero-order chi connectivity index (χ0) is 18.3. The molecule has 1 aromatic rings. The maximum atomic E-state index is 13.4. The van der Waals surface area contributed by atoms with Gasteiger partial charge in [0.1, 0.15) is 5.82 Å². The van der Waals surface area contributed by atoms with Gasteiger partial charge in [0, 0.05) is 25.6 Å². The molecule has 3 fully saturated rings. The summed E-state index contributed by atoms with van der Waals surface area (Å²) in [5.74, 6) is 0.128. The van der Waals surface area contributed by atoms with Crippen molar-refractivity contribution in [1.82, 2.24) is 15.5 Å². The predicted molar refractivity (Wildman–Crippen MR) is 96.5 cm³/mol. The number of carbonyl (C=O) groups excluding carboxylic acids is 2. The first-order valence-electron chi connectivity index (χ1n) is 9.29. The quantitative estimate of drug-likeness (QED) is 0.846. The number of amides is 2. The highest BCUT2D eigenvalue weighted by molar-refractivity contribution is 6.33. The summed E-state index contributed by atoms with van der Waals surface area (Å²) >= 11 is 6.03. The Morgan fingerprint density at radius 3 is 3.00 bits per heavy atom. The number of nitrogens with one attached hydrogen (secondary N) is 2. The fourth-order valence-electron chi connectivity index (χ4n) is 4.86. The molecule has 1 aromatic carbocycles. The van der Waals surface area contributed by atoms with Gasteiger partial charge in [0.05, 0.1) is 16.6 Å². The van der Waals surface area contributed by atoms with Crippen LogP contribution in [0.4, 0.5) is 4.39 Å². The maximum Gasteiger partial charge on any atom is 0.252 e. The van der Waals surface area contributed by atoms with E-state index in [0.717, 1.165) is 38.4 Å². The van der Waals surface area contributed by atoms with Crippen LogP contribution in [0.2, 0.25) is 5.02 Å². The Balaban J connectivity index is 1.51. The molecular weight excluding hydrogens is 357 g/mol. The van der Waals surface area contributed by atoms with Gasteiger partial charge in [0.2, 0.25) is 5.91 Å². The largest absolute Gasteiger partial charge is 0.350 e. The van der Waals surface area contributed by atoms with Crippen molar-refractivity contribution in [2.24, 2.45) is 11.8 Å². The average molecular weight is 380 g/mol. The SMILES string of the molecule is O=C(NC[C@H]1[C@@H]2CNC[C@@H](C2)[C@@H]2CCCC(=O)N21)c1cc(F)ccc1Cl. The minimum absolute atomic E-state index is 0.0202. The molecular formula is C19H23ClFN3O2. The Labute approximate surface area is 157 Å². The van der Waals surface area contributed by atoms with Gasteiger partial charge in [-0.2, -0.15) is 0 Å². The van der Waals surface area contributed by atoms with Crippen LogP contribution < -0.4 is 10.6 Å². The van der Waals surface area contributed by atoms with Crippen LogP contribution in [0.1, 0.15) is 36.0 Å². The highest BCUT2D eigenvalue weighted by Crippen LogP contribution is 2.39. The number of fused-ring (bicyclic) bond motifs is 4. The van der Waals surface area contributed by atoms with E-state index in [9.17, 15) is 14.0 Å². The van der Waals surface area contributed by atoms with Crippen LogP contribution >= 0.6 is 11.6 Å². The molecule has 3 saturated heterocycles. The number of piperidine rings is 3. The van der Waals surface area contributed by atoms with E-state index >= 15 is 0 Å². The van der Waals surface area contributed by atoms with E-state index in [1.54, 1.807) is 0 Å². The lowest BCUT2D eigenvalue weighted by molar-refractivity contribution is -0.148. The molecule has 4 rings (SSSR count). The van der Waals surface area contributed by atoms with Gasteiger partial charge in [-0.05, 0) is 55.8 Å². The van der Waals surface area contributed by atoms with Gasteiger partial charge in [0.25, 0.3) is 5.91 Å². The van der Waals surface area contributed by atoms with Crippen LogP contribution in [0.5, 0.6) is 0 Å². The summed E-state index contributed by atoms with van der Waals surface area (Å²) in [6.45, 7) is 2.18. The van der Waals surface area contributed by atoms with Crippen LogP contribution in [0.3, 0.4) is 0 Å². The molecule has 0 aliphatic carbocycles. The van der Waals surface area contributed by atoms with Crippen LogP contribution in [0.25, 0.3) is 0 Å². The first-order chi connectivity index (χ1) is 12.5. The molecule has 2 bridgehead atoms. The Kier molecular flexibility index (Phi) is 4.88. The molecule has 140 valence electrons. The number of carbonyl (C=O) groups is 2. The Bertz CT molecular complexity index is 729. The molecule has 0 radical (unpaired) electrons. The monoisotopic (exact) mass is 379 g/mol. The van der Waals surface area contributed by atoms with Crippen LogP contribution in [0.15, 0.2) is 18.2 Å². The molecule has 3 aliphatic rings. The lowest BCUT2D eigenvalue weighted by Gasteiger charge is -2.54. The van der Waals surface area contributed by atoms with Crippen molar-refractivity contribution < 1.29 is 14.0 Å².